The lowest BCUT2D eigenvalue weighted by Crippen LogP contribution is -2.58. The number of halogens is 2. The highest BCUT2D eigenvalue weighted by atomic mass is 79.9. The minimum atomic E-state index is -0.0338. The van der Waals surface area contributed by atoms with Crippen molar-refractivity contribution in [1.82, 2.24) is 0 Å². The van der Waals surface area contributed by atoms with Crippen LogP contribution in [0, 0.1) is 0 Å². The molecule has 0 unspecified atom stereocenters. The van der Waals surface area contributed by atoms with Crippen molar-refractivity contribution in [3.05, 3.63) is 27.7 Å². The molecule has 1 aliphatic rings. The van der Waals surface area contributed by atoms with Crippen LogP contribution >= 0.6 is 27.5 Å². The van der Waals surface area contributed by atoms with Crippen LogP contribution in [0.2, 0.25) is 5.02 Å². The number of nitrogens with two attached hydrogens (primary N) is 1. The van der Waals surface area contributed by atoms with Crippen molar-refractivity contribution in [3.63, 3.8) is 0 Å². The molecule has 3 nitrogen and oxygen atoms in total. The van der Waals surface area contributed by atoms with E-state index < -0.39 is 0 Å². The van der Waals surface area contributed by atoms with E-state index in [0.29, 0.717) is 17.7 Å². The van der Waals surface area contributed by atoms with Gasteiger partial charge in [-0.15, -0.1) is 0 Å². The van der Waals surface area contributed by atoms with Crippen molar-refractivity contribution in [3.8, 4) is 0 Å². The fourth-order valence-electron chi connectivity index (χ4n) is 2.18. The zero-order valence-electron chi connectivity index (χ0n) is 9.67. The molecule has 0 radical (unpaired) electrons. The number of hydrogen-bond donors (Lipinski definition) is 2. The molecule has 0 atom stereocenters. The monoisotopic (exact) mass is 318 g/mol. The Morgan fingerprint density at radius 2 is 2.29 bits per heavy atom. The highest BCUT2D eigenvalue weighted by Gasteiger charge is 2.43. The lowest BCUT2D eigenvalue weighted by Gasteiger charge is -2.47. The van der Waals surface area contributed by atoms with Gasteiger partial charge in [0.05, 0.1) is 16.7 Å². The Hall–Kier alpha value is -0.290. The SMILES string of the molecule is COC1CC(CN)(Nc2ccc(Cl)c(Br)c2)C1. The molecule has 0 aliphatic heterocycles. The predicted octanol–water partition coefficient (Wildman–Crippen LogP) is 3.02. The summed E-state index contributed by atoms with van der Waals surface area (Å²) in [4.78, 5) is 0. The van der Waals surface area contributed by atoms with E-state index in [4.69, 9.17) is 22.1 Å². The molecule has 5 heteroatoms. The summed E-state index contributed by atoms with van der Waals surface area (Å²) in [5.41, 5.74) is 6.84. The second-order valence-electron chi connectivity index (χ2n) is 4.50. The van der Waals surface area contributed by atoms with Crippen LogP contribution in [0.3, 0.4) is 0 Å². The van der Waals surface area contributed by atoms with Gasteiger partial charge in [-0.05, 0) is 47.0 Å². The first-order valence-corrected chi connectivity index (χ1v) is 6.72. The number of nitrogens with one attached hydrogen (secondary N) is 1. The zero-order valence-corrected chi connectivity index (χ0v) is 12.0. The van der Waals surface area contributed by atoms with Crippen LogP contribution in [0.25, 0.3) is 0 Å². The first kappa shape index (κ1) is 13.1. The van der Waals surface area contributed by atoms with Gasteiger partial charge < -0.3 is 15.8 Å². The molecular formula is C12H16BrClN2O. The van der Waals surface area contributed by atoms with Crippen molar-refractivity contribution in [2.75, 3.05) is 19.0 Å². The zero-order chi connectivity index (χ0) is 12.5. The lowest BCUT2D eigenvalue weighted by atomic mass is 9.74. The van der Waals surface area contributed by atoms with Crippen molar-refractivity contribution in [1.29, 1.82) is 0 Å². The molecule has 0 bridgehead atoms. The molecule has 1 aromatic rings. The van der Waals surface area contributed by atoms with Gasteiger partial charge in [-0.25, -0.2) is 0 Å². The Morgan fingerprint density at radius 3 is 2.82 bits per heavy atom. The van der Waals surface area contributed by atoms with Gasteiger partial charge in [0.15, 0.2) is 0 Å². The van der Waals surface area contributed by atoms with Gasteiger partial charge in [0.1, 0.15) is 0 Å². The molecule has 0 saturated heterocycles. The first-order valence-electron chi connectivity index (χ1n) is 5.55. The molecule has 3 N–H and O–H groups in total. The molecule has 0 aromatic heterocycles. The summed E-state index contributed by atoms with van der Waals surface area (Å²) in [6.45, 7) is 0.604. The third-order valence-corrected chi connectivity index (χ3v) is 4.50. The highest BCUT2D eigenvalue weighted by molar-refractivity contribution is 9.10. The summed E-state index contributed by atoms with van der Waals surface area (Å²) in [5, 5.41) is 4.19. The summed E-state index contributed by atoms with van der Waals surface area (Å²) in [5.74, 6) is 0. The number of benzene rings is 1. The van der Waals surface area contributed by atoms with Gasteiger partial charge in [0.2, 0.25) is 0 Å². The van der Waals surface area contributed by atoms with Gasteiger partial charge in [-0.3, -0.25) is 0 Å². The lowest BCUT2D eigenvalue weighted by molar-refractivity contribution is -0.00244. The molecule has 0 heterocycles. The smallest absolute Gasteiger partial charge is 0.0616 e. The summed E-state index contributed by atoms with van der Waals surface area (Å²) in [6.07, 6.45) is 2.21. The van der Waals surface area contributed by atoms with Crippen molar-refractivity contribution in [2.24, 2.45) is 5.73 Å². The van der Waals surface area contributed by atoms with Gasteiger partial charge in [-0.1, -0.05) is 11.6 Å². The van der Waals surface area contributed by atoms with Crippen LogP contribution in [0.15, 0.2) is 22.7 Å². The van der Waals surface area contributed by atoms with Crippen molar-refractivity contribution >= 4 is 33.2 Å². The predicted molar refractivity (Wildman–Crippen MR) is 74.6 cm³/mol. The second kappa shape index (κ2) is 5.14. The third kappa shape index (κ3) is 2.76. The van der Waals surface area contributed by atoms with Crippen molar-refractivity contribution in [2.45, 2.75) is 24.5 Å². The van der Waals surface area contributed by atoms with Gasteiger partial charge in [0.25, 0.3) is 0 Å². The number of anilines is 1. The standard InChI is InChI=1S/C12H16BrClN2O/c1-17-9-5-12(6-9,7-15)16-8-2-3-11(14)10(13)4-8/h2-4,9,16H,5-7,15H2,1H3. The molecular weight excluding hydrogens is 304 g/mol. The summed E-state index contributed by atoms with van der Waals surface area (Å²) in [7, 11) is 1.74. The van der Waals surface area contributed by atoms with Gasteiger partial charge in [0, 0.05) is 23.8 Å². The van der Waals surface area contributed by atoms with E-state index in [-0.39, 0.29) is 5.54 Å². The van der Waals surface area contributed by atoms with Crippen LogP contribution in [-0.2, 0) is 4.74 Å². The topological polar surface area (TPSA) is 47.3 Å². The summed E-state index contributed by atoms with van der Waals surface area (Å²) in [6, 6.07) is 5.80. The van der Waals surface area contributed by atoms with E-state index in [1.807, 2.05) is 18.2 Å². The Morgan fingerprint density at radius 1 is 1.59 bits per heavy atom. The molecule has 94 valence electrons. The Labute approximate surface area is 115 Å². The molecule has 17 heavy (non-hydrogen) atoms. The third-order valence-electron chi connectivity index (χ3n) is 3.29. The number of methoxy groups -OCH3 is 1. The van der Waals surface area contributed by atoms with Gasteiger partial charge in [-0.2, -0.15) is 0 Å². The Kier molecular flexibility index (Phi) is 3.98. The summed E-state index contributed by atoms with van der Waals surface area (Å²) >= 11 is 9.37. The first-order chi connectivity index (χ1) is 8.08. The van der Waals surface area contributed by atoms with Crippen LogP contribution in [0.5, 0.6) is 0 Å². The Balaban J connectivity index is 2.07. The Bertz CT molecular complexity index is 407. The van der Waals surface area contributed by atoms with Crippen LogP contribution in [-0.4, -0.2) is 25.3 Å². The van der Waals surface area contributed by atoms with Crippen LogP contribution in [0.1, 0.15) is 12.8 Å². The van der Waals surface area contributed by atoms with E-state index in [1.54, 1.807) is 7.11 Å². The van der Waals surface area contributed by atoms with E-state index >= 15 is 0 Å². The average Bonchev–Trinajstić information content (AvgIpc) is 2.28. The minimum Gasteiger partial charge on any atom is -0.381 e. The van der Waals surface area contributed by atoms with E-state index in [1.165, 1.54) is 0 Å². The number of rotatable bonds is 4. The van der Waals surface area contributed by atoms with Crippen LogP contribution in [0.4, 0.5) is 5.69 Å². The number of hydrogen-bond acceptors (Lipinski definition) is 3. The molecule has 0 spiro atoms. The maximum absolute atomic E-state index is 5.96. The molecule has 1 aromatic carbocycles. The molecule has 1 saturated carbocycles. The van der Waals surface area contributed by atoms with Crippen LogP contribution < -0.4 is 11.1 Å². The molecule has 2 rings (SSSR count). The minimum absolute atomic E-state index is 0.0338. The highest BCUT2D eigenvalue weighted by Crippen LogP contribution is 2.37. The molecule has 0 amide bonds. The number of ether oxygens (including phenoxy) is 1. The van der Waals surface area contributed by atoms with E-state index in [2.05, 4.69) is 21.2 Å². The molecule has 1 aliphatic carbocycles. The van der Waals surface area contributed by atoms with Crippen molar-refractivity contribution < 1.29 is 4.74 Å². The average molecular weight is 320 g/mol. The second-order valence-corrected chi connectivity index (χ2v) is 5.77. The summed E-state index contributed by atoms with van der Waals surface area (Å²) < 4.78 is 6.19. The quantitative estimate of drug-likeness (QED) is 0.897. The maximum Gasteiger partial charge on any atom is 0.0616 e. The largest absolute Gasteiger partial charge is 0.381 e. The fourth-order valence-corrected chi connectivity index (χ4v) is 2.67. The maximum atomic E-state index is 5.96. The normalized spacial score (nSPS) is 27.6. The van der Waals surface area contributed by atoms with Gasteiger partial charge >= 0.3 is 0 Å². The van der Waals surface area contributed by atoms with E-state index in [9.17, 15) is 0 Å². The van der Waals surface area contributed by atoms with E-state index in [0.717, 1.165) is 23.0 Å². The fraction of sp³-hybridized carbons (Fsp3) is 0.500. The molecule has 1 fully saturated rings.